The van der Waals surface area contributed by atoms with E-state index in [0.29, 0.717) is 31.3 Å². The van der Waals surface area contributed by atoms with Crippen LogP contribution in [0.5, 0.6) is 17.4 Å². The number of hydrogen-bond donors (Lipinski definition) is 0. The van der Waals surface area contributed by atoms with Crippen molar-refractivity contribution in [2.75, 3.05) is 20.2 Å². The van der Waals surface area contributed by atoms with Crippen LogP contribution in [0.3, 0.4) is 0 Å². The van der Waals surface area contributed by atoms with Crippen LogP contribution in [-0.2, 0) is 6.54 Å². The molecule has 0 saturated carbocycles. The SMILES string of the molecule is COc1ccc(Oc2nccnc2[C@@H]2CCCN(C(=O)c3ccccc3Cn3ccnc3)C2)cc1. The highest BCUT2D eigenvalue weighted by molar-refractivity contribution is 5.95. The van der Waals surface area contributed by atoms with E-state index in [0.717, 1.165) is 35.4 Å². The van der Waals surface area contributed by atoms with E-state index in [1.165, 1.54) is 0 Å². The summed E-state index contributed by atoms with van der Waals surface area (Å²) in [4.78, 5) is 28.7. The van der Waals surface area contributed by atoms with Crippen LogP contribution >= 0.6 is 0 Å². The zero-order chi connectivity index (χ0) is 24.0. The maximum absolute atomic E-state index is 13.6. The summed E-state index contributed by atoms with van der Waals surface area (Å²) < 4.78 is 13.3. The monoisotopic (exact) mass is 469 g/mol. The topological polar surface area (TPSA) is 82.4 Å². The molecule has 1 amide bonds. The molecule has 1 fully saturated rings. The van der Waals surface area contributed by atoms with Crippen molar-refractivity contribution in [2.45, 2.75) is 25.3 Å². The highest BCUT2D eigenvalue weighted by Crippen LogP contribution is 2.33. The minimum atomic E-state index is 0.0342. The van der Waals surface area contributed by atoms with Gasteiger partial charge in [-0.25, -0.2) is 9.97 Å². The quantitative estimate of drug-likeness (QED) is 0.395. The zero-order valence-corrected chi connectivity index (χ0v) is 19.6. The van der Waals surface area contributed by atoms with Crippen LogP contribution in [0.1, 0.15) is 40.4 Å². The summed E-state index contributed by atoms with van der Waals surface area (Å²) in [5.74, 6) is 1.95. The first-order valence-electron chi connectivity index (χ1n) is 11.7. The number of likely N-dealkylation sites (tertiary alicyclic amines) is 1. The van der Waals surface area contributed by atoms with Gasteiger partial charge in [0.25, 0.3) is 5.91 Å². The fourth-order valence-corrected chi connectivity index (χ4v) is 4.45. The molecule has 4 aromatic rings. The van der Waals surface area contributed by atoms with Gasteiger partial charge in [0.15, 0.2) is 0 Å². The van der Waals surface area contributed by atoms with Gasteiger partial charge in [-0.15, -0.1) is 0 Å². The molecule has 178 valence electrons. The lowest BCUT2D eigenvalue weighted by atomic mass is 9.93. The molecule has 5 rings (SSSR count). The fraction of sp³-hybridized carbons (Fsp3) is 0.259. The Morgan fingerprint density at radius 2 is 1.83 bits per heavy atom. The highest BCUT2D eigenvalue weighted by Gasteiger charge is 2.29. The van der Waals surface area contributed by atoms with Crippen molar-refractivity contribution in [3.63, 3.8) is 0 Å². The lowest BCUT2D eigenvalue weighted by Gasteiger charge is -2.33. The maximum atomic E-state index is 13.6. The third-order valence-electron chi connectivity index (χ3n) is 6.22. The molecule has 1 aliphatic rings. The van der Waals surface area contributed by atoms with Crippen molar-refractivity contribution < 1.29 is 14.3 Å². The van der Waals surface area contributed by atoms with Gasteiger partial charge >= 0.3 is 0 Å². The third kappa shape index (κ3) is 5.16. The lowest BCUT2D eigenvalue weighted by Crippen LogP contribution is -2.39. The van der Waals surface area contributed by atoms with Crippen molar-refractivity contribution in [3.8, 4) is 17.4 Å². The Hall–Kier alpha value is -4.20. The van der Waals surface area contributed by atoms with Gasteiger partial charge in [-0.3, -0.25) is 9.78 Å². The number of hydrogen-bond acceptors (Lipinski definition) is 6. The number of benzene rings is 2. The molecule has 8 heteroatoms. The van der Waals surface area contributed by atoms with E-state index in [4.69, 9.17) is 9.47 Å². The van der Waals surface area contributed by atoms with Gasteiger partial charge in [0.2, 0.25) is 5.88 Å². The molecule has 0 bridgehead atoms. The Balaban J connectivity index is 1.34. The molecule has 8 nitrogen and oxygen atoms in total. The van der Waals surface area contributed by atoms with Crippen LogP contribution in [0.15, 0.2) is 79.6 Å². The molecular weight excluding hydrogens is 442 g/mol. The zero-order valence-electron chi connectivity index (χ0n) is 19.6. The van der Waals surface area contributed by atoms with Gasteiger partial charge in [-0.1, -0.05) is 18.2 Å². The van der Waals surface area contributed by atoms with Crippen LogP contribution < -0.4 is 9.47 Å². The first-order valence-corrected chi connectivity index (χ1v) is 11.7. The van der Waals surface area contributed by atoms with E-state index in [1.807, 2.05) is 64.2 Å². The second-order valence-electron chi connectivity index (χ2n) is 8.51. The highest BCUT2D eigenvalue weighted by atomic mass is 16.5. The lowest BCUT2D eigenvalue weighted by molar-refractivity contribution is 0.0703. The molecule has 3 heterocycles. The summed E-state index contributed by atoms with van der Waals surface area (Å²) in [6.45, 7) is 1.88. The fourth-order valence-electron chi connectivity index (χ4n) is 4.45. The summed E-state index contributed by atoms with van der Waals surface area (Å²) in [7, 11) is 1.63. The predicted molar refractivity (Wildman–Crippen MR) is 131 cm³/mol. The Kier molecular flexibility index (Phi) is 6.70. The largest absolute Gasteiger partial charge is 0.497 e. The van der Waals surface area contributed by atoms with Crippen LogP contribution in [0.25, 0.3) is 0 Å². The van der Waals surface area contributed by atoms with Crippen LogP contribution in [-0.4, -0.2) is 50.5 Å². The van der Waals surface area contributed by atoms with E-state index < -0.39 is 0 Å². The van der Waals surface area contributed by atoms with Crippen LogP contribution in [0.2, 0.25) is 0 Å². The molecule has 35 heavy (non-hydrogen) atoms. The minimum absolute atomic E-state index is 0.0342. The standard InChI is InChI=1S/C27H27N5O3/c1-34-22-8-10-23(11-9-22)35-26-25(29-12-13-30-26)21-6-4-15-32(18-21)27(33)24-7-3-2-5-20(24)17-31-16-14-28-19-31/h2-3,5,7-14,16,19,21H,4,6,15,17-18H2,1H3/t21-/m1/s1. The number of methoxy groups -OCH3 is 1. The molecule has 1 atom stereocenters. The smallest absolute Gasteiger partial charge is 0.254 e. The second kappa shape index (κ2) is 10.4. The van der Waals surface area contributed by atoms with Gasteiger partial charge in [0.05, 0.1) is 13.4 Å². The predicted octanol–water partition coefficient (Wildman–Crippen LogP) is 4.54. The number of ether oxygens (including phenoxy) is 2. The van der Waals surface area contributed by atoms with E-state index in [2.05, 4.69) is 15.0 Å². The number of nitrogens with zero attached hydrogens (tertiary/aromatic N) is 5. The summed E-state index contributed by atoms with van der Waals surface area (Å²) in [6, 6.07) is 15.1. The number of carbonyl (C=O) groups excluding carboxylic acids is 1. The van der Waals surface area contributed by atoms with E-state index in [9.17, 15) is 4.79 Å². The summed E-state index contributed by atoms with van der Waals surface area (Å²) in [5.41, 5.74) is 2.46. The molecule has 0 unspecified atom stereocenters. The maximum Gasteiger partial charge on any atom is 0.254 e. The summed E-state index contributed by atoms with van der Waals surface area (Å²) >= 11 is 0. The first-order chi connectivity index (χ1) is 17.2. The average Bonchev–Trinajstić information content (AvgIpc) is 3.43. The molecule has 0 spiro atoms. The first kappa shape index (κ1) is 22.6. The number of amides is 1. The van der Waals surface area contributed by atoms with Gasteiger partial charge < -0.3 is 18.9 Å². The molecule has 0 aliphatic carbocycles. The van der Waals surface area contributed by atoms with E-state index in [-0.39, 0.29) is 11.8 Å². The molecule has 1 saturated heterocycles. The Morgan fingerprint density at radius 1 is 1.03 bits per heavy atom. The number of rotatable bonds is 7. The molecule has 2 aromatic heterocycles. The summed E-state index contributed by atoms with van der Waals surface area (Å²) in [5, 5.41) is 0. The number of imidazole rings is 1. The van der Waals surface area contributed by atoms with Gasteiger partial charge in [0.1, 0.15) is 17.2 Å². The van der Waals surface area contributed by atoms with E-state index >= 15 is 0 Å². The van der Waals surface area contributed by atoms with Gasteiger partial charge in [0, 0.05) is 55.9 Å². The Bertz CT molecular complexity index is 1270. The number of aromatic nitrogens is 4. The van der Waals surface area contributed by atoms with Crippen molar-refractivity contribution in [1.29, 1.82) is 0 Å². The number of piperidine rings is 1. The summed E-state index contributed by atoms with van der Waals surface area (Å²) in [6.07, 6.45) is 10.5. The molecule has 1 aliphatic heterocycles. The van der Waals surface area contributed by atoms with Gasteiger partial charge in [-0.05, 0) is 48.7 Å². The molecular formula is C27H27N5O3. The molecule has 2 aromatic carbocycles. The van der Waals surface area contributed by atoms with Crippen LogP contribution in [0.4, 0.5) is 0 Å². The minimum Gasteiger partial charge on any atom is -0.497 e. The van der Waals surface area contributed by atoms with Crippen molar-refractivity contribution in [1.82, 2.24) is 24.4 Å². The normalized spacial score (nSPS) is 15.6. The van der Waals surface area contributed by atoms with Crippen molar-refractivity contribution >= 4 is 5.91 Å². The third-order valence-corrected chi connectivity index (χ3v) is 6.22. The average molecular weight is 470 g/mol. The number of carbonyl (C=O) groups is 1. The Morgan fingerprint density at radius 3 is 2.63 bits per heavy atom. The van der Waals surface area contributed by atoms with Crippen molar-refractivity contribution in [2.24, 2.45) is 0 Å². The Labute approximate surface area is 204 Å². The molecule has 0 N–H and O–H groups in total. The molecule has 0 radical (unpaired) electrons. The second-order valence-corrected chi connectivity index (χ2v) is 8.51. The van der Waals surface area contributed by atoms with Gasteiger partial charge in [-0.2, -0.15) is 0 Å². The van der Waals surface area contributed by atoms with Crippen LogP contribution in [0, 0.1) is 0 Å². The van der Waals surface area contributed by atoms with E-state index in [1.54, 1.807) is 32.0 Å². The van der Waals surface area contributed by atoms with Crippen molar-refractivity contribution in [3.05, 3.63) is 96.5 Å².